The molecule has 0 aliphatic heterocycles. The van der Waals surface area contributed by atoms with Crippen LogP contribution in [-0.4, -0.2) is 69.4 Å². The van der Waals surface area contributed by atoms with Gasteiger partial charge in [-0.25, -0.2) is 9.78 Å². The molecule has 0 spiro atoms. The summed E-state index contributed by atoms with van der Waals surface area (Å²) in [7, 11) is 3.64. The molecular formula is C20H22N4O6. The second kappa shape index (κ2) is 8.09. The van der Waals surface area contributed by atoms with Gasteiger partial charge in [0, 0.05) is 24.9 Å². The number of nitrogens with one attached hydrogen (secondary N) is 2. The molecule has 0 aliphatic rings. The minimum absolute atomic E-state index is 0.0184. The topological polar surface area (TPSA) is 156 Å². The molecular weight excluding hydrogens is 392 g/mol. The first-order chi connectivity index (χ1) is 14.1. The highest BCUT2D eigenvalue weighted by Gasteiger charge is 2.18. The number of carboxylic acid groups (broad SMARTS) is 1. The molecule has 30 heavy (non-hydrogen) atoms. The van der Waals surface area contributed by atoms with E-state index in [4.69, 9.17) is 0 Å². The predicted molar refractivity (Wildman–Crippen MR) is 112 cm³/mol. The van der Waals surface area contributed by atoms with Gasteiger partial charge in [-0.15, -0.1) is 0 Å². The van der Waals surface area contributed by atoms with Crippen molar-refractivity contribution in [2.45, 2.75) is 13.0 Å². The van der Waals surface area contributed by atoms with Crippen LogP contribution in [0, 0.1) is 6.92 Å². The predicted octanol–water partition coefficient (Wildman–Crippen LogP) is -0.882. The number of aromatic carboxylic acids is 1. The molecule has 10 heteroatoms. The zero-order chi connectivity index (χ0) is 22.2. The number of benzene rings is 2. The smallest absolute Gasteiger partial charge is 0.337 e. The van der Waals surface area contributed by atoms with Crippen molar-refractivity contribution in [3.05, 3.63) is 48.9 Å². The Labute approximate surface area is 170 Å². The van der Waals surface area contributed by atoms with E-state index in [1.54, 1.807) is 0 Å². The molecule has 1 unspecified atom stereocenters. The summed E-state index contributed by atoms with van der Waals surface area (Å²) in [6, 6.07) is 2.24. The van der Waals surface area contributed by atoms with Gasteiger partial charge in [0.2, 0.25) is 10.9 Å². The van der Waals surface area contributed by atoms with Crippen molar-refractivity contribution in [2.75, 3.05) is 27.2 Å². The quantitative estimate of drug-likeness (QED) is 0.323. The molecule has 10 nitrogen and oxygen atoms in total. The van der Waals surface area contributed by atoms with Crippen molar-refractivity contribution in [3.63, 3.8) is 0 Å². The van der Waals surface area contributed by atoms with Crippen molar-refractivity contribution in [2.24, 2.45) is 0 Å². The lowest BCUT2D eigenvalue weighted by atomic mass is 10.1. The van der Waals surface area contributed by atoms with E-state index in [0.29, 0.717) is 6.54 Å². The molecule has 0 bridgehead atoms. The number of aliphatic hydroxyl groups is 1. The standard InChI is InChI=1S/C20H22N4O6/c1-9-18(27)12(7-21-6-10(25)8-24(2)3)15-17(19(9)28)23-14-11(20(29)30)4-5-13(26)16(14)22-15/h4-5,7,10,21,23,25,27H,6,8H2,1-3H3,(H,29,30)/b12-7-. The Morgan fingerprint density at radius 2 is 1.97 bits per heavy atom. The minimum atomic E-state index is -1.27. The van der Waals surface area contributed by atoms with Crippen LogP contribution in [0.5, 0.6) is 5.75 Å². The van der Waals surface area contributed by atoms with Crippen molar-refractivity contribution >= 4 is 34.2 Å². The summed E-state index contributed by atoms with van der Waals surface area (Å²) >= 11 is 0. The first kappa shape index (κ1) is 21.2. The zero-order valence-corrected chi connectivity index (χ0v) is 16.7. The average Bonchev–Trinajstić information content (AvgIpc) is 2.67. The number of nitrogens with zero attached hydrogens (tertiary/aromatic N) is 2. The molecule has 2 aromatic carbocycles. The van der Waals surface area contributed by atoms with Crippen molar-refractivity contribution in [1.82, 2.24) is 20.2 Å². The van der Waals surface area contributed by atoms with E-state index in [9.17, 15) is 29.7 Å². The van der Waals surface area contributed by atoms with Gasteiger partial charge in [0.05, 0.1) is 22.4 Å². The van der Waals surface area contributed by atoms with Gasteiger partial charge in [0.15, 0.2) is 0 Å². The number of likely N-dealkylation sites (N-methyl/N-ethyl adjacent to an activating group) is 1. The SMILES string of the molecule is Cc1c(O)/c(=C\NCC(O)CN(C)C)c2nc3c(=O)ccc(C(=O)O)c3[nH]c2c1=O. The molecule has 0 fully saturated rings. The number of rotatable bonds is 6. The van der Waals surface area contributed by atoms with Gasteiger partial charge >= 0.3 is 5.97 Å². The lowest BCUT2D eigenvalue weighted by Gasteiger charge is -2.15. The molecule has 158 valence electrons. The Kier molecular flexibility index (Phi) is 5.72. The maximum Gasteiger partial charge on any atom is 0.337 e. The number of phenols is 1. The lowest BCUT2D eigenvalue weighted by Crippen LogP contribution is -2.34. The number of carboxylic acids is 1. The average molecular weight is 414 g/mol. The number of aromatic amines is 1. The second-order valence-corrected chi connectivity index (χ2v) is 7.29. The van der Waals surface area contributed by atoms with Gasteiger partial charge in [0.25, 0.3) is 0 Å². The third-order valence-corrected chi connectivity index (χ3v) is 4.69. The molecule has 3 aromatic rings. The van der Waals surface area contributed by atoms with Crippen LogP contribution in [-0.2, 0) is 0 Å². The van der Waals surface area contributed by atoms with Crippen molar-refractivity contribution < 1.29 is 20.1 Å². The Morgan fingerprint density at radius 3 is 2.60 bits per heavy atom. The van der Waals surface area contributed by atoms with Crippen LogP contribution >= 0.6 is 0 Å². The molecule has 5 N–H and O–H groups in total. The Bertz CT molecular complexity index is 1320. The Balaban J connectivity index is 2.28. The van der Waals surface area contributed by atoms with Crippen LogP contribution in [0.4, 0.5) is 0 Å². The van der Waals surface area contributed by atoms with E-state index in [-0.39, 0.29) is 50.7 Å². The van der Waals surface area contributed by atoms with E-state index in [2.05, 4.69) is 15.3 Å². The summed E-state index contributed by atoms with van der Waals surface area (Å²) in [5.74, 6) is -1.59. The molecule has 0 saturated carbocycles. The van der Waals surface area contributed by atoms with Crippen molar-refractivity contribution in [3.8, 4) is 5.75 Å². The van der Waals surface area contributed by atoms with E-state index in [0.717, 1.165) is 12.1 Å². The number of fused-ring (bicyclic) bond motifs is 2. The monoisotopic (exact) mass is 414 g/mol. The molecule has 3 rings (SSSR count). The number of phenolic OH excluding ortho intramolecular Hbond substituents is 1. The van der Waals surface area contributed by atoms with Crippen molar-refractivity contribution in [1.29, 1.82) is 0 Å². The first-order valence-corrected chi connectivity index (χ1v) is 9.13. The fourth-order valence-electron chi connectivity index (χ4n) is 3.23. The molecule has 0 amide bonds. The highest BCUT2D eigenvalue weighted by atomic mass is 16.4. The normalized spacial score (nSPS) is 13.3. The van der Waals surface area contributed by atoms with Gasteiger partial charge in [-0.1, -0.05) is 0 Å². The fraction of sp³-hybridized carbons (Fsp3) is 0.300. The van der Waals surface area contributed by atoms with E-state index < -0.39 is 22.9 Å². The number of aromatic nitrogens is 2. The van der Waals surface area contributed by atoms with E-state index >= 15 is 0 Å². The fourth-order valence-corrected chi connectivity index (χ4v) is 3.23. The molecule has 1 aromatic heterocycles. The summed E-state index contributed by atoms with van der Waals surface area (Å²) in [6.45, 7) is 2.01. The van der Waals surface area contributed by atoms with Gasteiger partial charge in [-0.3, -0.25) is 9.59 Å². The van der Waals surface area contributed by atoms with Crippen LogP contribution in [0.1, 0.15) is 15.9 Å². The highest BCUT2D eigenvalue weighted by Crippen LogP contribution is 2.17. The lowest BCUT2D eigenvalue weighted by molar-refractivity contribution is 0.0698. The number of carbonyl (C=O) groups is 1. The minimum Gasteiger partial charge on any atom is -0.507 e. The maximum atomic E-state index is 12.7. The van der Waals surface area contributed by atoms with Gasteiger partial charge < -0.3 is 30.5 Å². The molecule has 1 atom stereocenters. The summed E-state index contributed by atoms with van der Waals surface area (Å²) in [5, 5.41) is 32.9. The molecule has 1 heterocycles. The van der Waals surface area contributed by atoms with Gasteiger partial charge in [-0.05, 0) is 33.2 Å². The van der Waals surface area contributed by atoms with Crippen LogP contribution in [0.15, 0.2) is 21.7 Å². The van der Waals surface area contributed by atoms with E-state index in [1.807, 2.05) is 19.0 Å². The van der Waals surface area contributed by atoms with Gasteiger partial charge in [0.1, 0.15) is 22.3 Å². The summed E-state index contributed by atoms with van der Waals surface area (Å²) in [6.07, 6.45) is 0.720. The number of hydrogen-bond donors (Lipinski definition) is 5. The second-order valence-electron chi connectivity index (χ2n) is 7.29. The summed E-state index contributed by atoms with van der Waals surface area (Å²) < 4.78 is 0. The highest BCUT2D eigenvalue weighted by molar-refractivity contribution is 6.02. The molecule has 0 aliphatic carbocycles. The number of hydrogen-bond acceptors (Lipinski definition) is 8. The molecule has 0 saturated heterocycles. The van der Waals surface area contributed by atoms with Gasteiger partial charge in [-0.2, -0.15) is 0 Å². The maximum absolute atomic E-state index is 12.7. The Hall–Kier alpha value is -3.50. The third kappa shape index (κ3) is 3.82. The number of aromatic hydroxyl groups is 1. The first-order valence-electron chi connectivity index (χ1n) is 9.13. The van der Waals surface area contributed by atoms with E-state index in [1.165, 1.54) is 13.1 Å². The number of aliphatic hydroxyl groups excluding tert-OH is 1. The number of H-pyrrole nitrogens is 1. The van der Waals surface area contributed by atoms with Crippen LogP contribution < -0.4 is 21.4 Å². The largest absolute Gasteiger partial charge is 0.507 e. The summed E-state index contributed by atoms with van der Waals surface area (Å²) in [5.41, 5.74) is -1.48. The third-order valence-electron chi connectivity index (χ3n) is 4.69. The van der Waals surface area contributed by atoms with Crippen LogP contribution in [0.2, 0.25) is 0 Å². The summed E-state index contributed by atoms with van der Waals surface area (Å²) in [4.78, 5) is 45.2. The van der Waals surface area contributed by atoms with Crippen LogP contribution in [0.25, 0.3) is 28.3 Å². The zero-order valence-electron chi connectivity index (χ0n) is 16.7. The Morgan fingerprint density at radius 1 is 1.27 bits per heavy atom. The van der Waals surface area contributed by atoms with Crippen LogP contribution in [0.3, 0.4) is 0 Å². The molecule has 0 radical (unpaired) electrons.